The van der Waals surface area contributed by atoms with Crippen LogP contribution in [0.15, 0.2) is 0 Å². The van der Waals surface area contributed by atoms with Gasteiger partial charge in [-0.25, -0.2) is 5.01 Å². The van der Waals surface area contributed by atoms with E-state index in [1.54, 1.807) is 5.01 Å². The Kier molecular flexibility index (Phi) is 5.54. The highest BCUT2D eigenvalue weighted by atomic mass is 127. The number of carbonyl (C=O) groups excluding carboxylic acids is 2. The van der Waals surface area contributed by atoms with E-state index in [1.807, 2.05) is 0 Å². The van der Waals surface area contributed by atoms with E-state index in [1.165, 1.54) is 38.5 Å². The van der Waals surface area contributed by atoms with Crippen molar-refractivity contribution in [2.45, 2.75) is 95.4 Å². The Bertz CT molecular complexity index is 653. The van der Waals surface area contributed by atoms with E-state index < -0.39 is 0 Å². The Morgan fingerprint density at radius 2 is 1.93 bits per heavy atom. The molecular weight excluding hydrogens is 463 g/mol. The van der Waals surface area contributed by atoms with Gasteiger partial charge in [0, 0.05) is 6.42 Å². The number of hydrogen-bond acceptors (Lipinski definition) is 2. The number of carbonyl (C=O) groups is 2. The minimum Gasteiger partial charge on any atom is -0.273 e. The number of hydrazine groups is 1. The number of rotatable bonds is 3. The van der Waals surface area contributed by atoms with Crippen LogP contribution in [-0.4, -0.2) is 26.8 Å². The van der Waals surface area contributed by atoms with Gasteiger partial charge in [-0.3, -0.25) is 15.0 Å². The summed E-state index contributed by atoms with van der Waals surface area (Å²) in [6, 6.07) is 0.161. The molecule has 5 heteroatoms. The second-order valence-corrected chi connectivity index (χ2v) is 12.6. The quantitative estimate of drug-likeness (QED) is 0.433. The third kappa shape index (κ3) is 3.31. The lowest BCUT2D eigenvalue weighted by Gasteiger charge is -2.62. The lowest BCUT2D eigenvalue weighted by Crippen LogP contribution is -2.68. The highest BCUT2D eigenvalue weighted by Gasteiger charge is 2.61. The van der Waals surface area contributed by atoms with Crippen LogP contribution in [0.1, 0.15) is 85.5 Å². The van der Waals surface area contributed by atoms with E-state index in [2.05, 4.69) is 55.7 Å². The van der Waals surface area contributed by atoms with Gasteiger partial charge in [-0.2, -0.15) is 0 Å². The maximum absolute atomic E-state index is 13.0. The molecule has 0 aromatic rings. The molecule has 2 amide bonds. The molecule has 7 atom stereocenters. The minimum absolute atomic E-state index is 0.00895. The van der Waals surface area contributed by atoms with Crippen LogP contribution in [-0.2, 0) is 9.59 Å². The molecule has 4 fully saturated rings. The molecule has 0 bridgehead atoms. The van der Waals surface area contributed by atoms with Gasteiger partial charge >= 0.3 is 0 Å². The second kappa shape index (κ2) is 7.42. The Balaban J connectivity index is 1.60. The van der Waals surface area contributed by atoms with Gasteiger partial charge in [0.05, 0.1) is 9.97 Å². The van der Waals surface area contributed by atoms with Gasteiger partial charge < -0.3 is 0 Å². The van der Waals surface area contributed by atoms with E-state index in [0.717, 1.165) is 24.7 Å². The summed E-state index contributed by atoms with van der Waals surface area (Å²) in [4.78, 5) is 25.6. The molecule has 0 spiro atoms. The summed E-state index contributed by atoms with van der Waals surface area (Å²) in [6.45, 7) is 9.08. The molecule has 4 aliphatic rings. The third-order valence-corrected chi connectivity index (χ3v) is 9.85. The maximum Gasteiger partial charge on any atom is 0.254 e. The van der Waals surface area contributed by atoms with Crippen LogP contribution in [0.25, 0.3) is 0 Å². The van der Waals surface area contributed by atoms with Crippen LogP contribution in [0.3, 0.4) is 0 Å². The fourth-order valence-electron chi connectivity index (χ4n) is 7.60. The van der Waals surface area contributed by atoms with Crippen molar-refractivity contribution in [1.29, 1.82) is 0 Å². The van der Waals surface area contributed by atoms with Crippen molar-refractivity contribution in [3.8, 4) is 0 Å². The molecule has 1 heterocycles. The Morgan fingerprint density at radius 1 is 1.18 bits per heavy atom. The van der Waals surface area contributed by atoms with Gasteiger partial charge in [0.15, 0.2) is 0 Å². The molecule has 0 aromatic heterocycles. The Morgan fingerprint density at radius 3 is 2.64 bits per heavy atom. The first kappa shape index (κ1) is 20.9. The van der Waals surface area contributed by atoms with E-state index in [4.69, 9.17) is 0 Å². The maximum atomic E-state index is 13.0. The number of alkyl halides is 1. The summed E-state index contributed by atoms with van der Waals surface area (Å²) < 4.78 is -0.0335. The van der Waals surface area contributed by atoms with Crippen LogP contribution < -0.4 is 5.43 Å². The predicted octanol–water partition coefficient (Wildman–Crippen LogP) is 5.10. The van der Waals surface area contributed by atoms with Crippen LogP contribution in [0.2, 0.25) is 0 Å². The summed E-state index contributed by atoms with van der Waals surface area (Å²) in [7, 11) is 0. The number of amides is 2. The van der Waals surface area contributed by atoms with E-state index >= 15 is 0 Å². The molecule has 1 aliphatic heterocycles. The highest BCUT2D eigenvalue weighted by molar-refractivity contribution is 14.1. The molecule has 158 valence electrons. The predicted molar refractivity (Wildman–Crippen MR) is 120 cm³/mol. The zero-order valence-corrected chi connectivity index (χ0v) is 20.1. The molecule has 0 aromatic carbocycles. The average Bonchev–Trinajstić information content (AvgIpc) is 3.00. The standard InChI is InChI=1S/C23H37IN2O2/c1-14(2)12-20(27)25-26-19-8-7-15-16-6-5-10-22(16,3)11-9-17(15)23(19,4)13-18(24)21(26)28/h14-19H,5-13H2,1-4H3,(H,25,27)/t15-,16-,17-,18?,19+,22-,23+/m0/s1. The number of halogens is 1. The van der Waals surface area contributed by atoms with Crippen molar-refractivity contribution >= 4 is 34.4 Å². The van der Waals surface area contributed by atoms with Gasteiger partial charge in [0.25, 0.3) is 5.91 Å². The van der Waals surface area contributed by atoms with E-state index in [0.29, 0.717) is 23.7 Å². The second-order valence-electron chi connectivity index (χ2n) is 11.1. The monoisotopic (exact) mass is 500 g/mol. The first-order valence-corrected chi connectivity index (χ1v) is 12.7. The van der Waals surface area contributed by atoms with Crippen LogP contribution in [0.4, 0.5) is 0 Å². The molecule has 0 radical (unpaired) electrons. The molecule has 4 rings (SSSR count). The van der Waals surface area contributed by atoms with Crippen LogP contribution in [0, 0.1) is 34.5 Å². The first-order chi connectivity index (χ1) is 13.2. The molecule has 4 nitrogen and oxygen atoms in total. The topological polar surface area (TPSA) is 49.4 Å². The van der Waals surface area contributed by atoms with Gasteiger partial charge in [0.2, 0.25) is 5.91 Å². The van der Waals surface area contributed by atoms with Crippen LogP contribution >= 0.6 is 22.6 Å². The number of hydrogen-bond donors (Lipinski definition) is 1. The number of nitrogens with one attached hydrogen (secondary N) is 1. The van der Waals surface area contributed by atoms with Crippen molar-refractivity contribution in [3.05, 3.63) is 0 Å². The fourth-order valence-corrected chi connectivity index (χ4v) is 8.85. The molecule has 28 heavy (non-hydrogen) atoms. The fraction of sp³-hybridized carbons (Fsp3) is 0.913. The van der Waals surface area contributed by atoms with Crippen molar-refractivity contribution in [2.24, 2.45) is 34.5 Å². The zero-order valence-electron chi connectivity index (χ0n) is 18.0. The minimum atomic E-state index is -0.0335. The lowest BCUT2D eigenvalue weighted by atomic mass is 9.47. The van der Waals surface area contributed by atoms with E-state index in [9.17, 15) is 9.59 Å². The van der Waals surface area contributed by atoms with Crippen molar-refractivity contribution in [1.82, 2.24) is 10.4 Å². The molecular formula is C23H37IN2O2. The average molecular weight is 500 g/mol. The van der Waals surface area contributed by atoms with Gasteiger partial charge in [0.1, 0.15) is 0 Å². The first-order valence-electron chi connectivity index (χ1n) is 11.4. The van der Waals surface area contributed by atoms with Gasteiger partial charge in [-0.15, -0.1) is 0 Å². The summed E-state index contributed by atoms with van der Waals surface area (Å²) in [6.07, 6.45) is 10.6. The Hall–Kier alpha value is -0.330. The summed E-state index contributed by atoms with van der Waals surface area (Å²) in [5.74, 6) is 2.78. The molecule has 1 saturated heterocycles. The summed E-state index contributed by atoms with van der Waals surface area (Å²) in [5, 5.41) is 1.78. The number of fused-ring (bicyclic) bond motifs is 5. The van der Waals surface area contributed by atoms with Crippen LogP contribution in [0.5, 0.6) is 0 Å². The normalized spacial score (nSPS) is 45.4. The number of piperidine rings is 1. The van der Waals surface area contributed by atoms with E-state index in [-0.39, 0.29) is 27.2 Å². The SMILES string of the molecule is CC(C)CC(=O)NN1C(=O)C(I)C[C@]2(C)[C@H]3CC[C@]4(C)CCC[C@H]4[C@@H]3CC[C@@H]12. The summed E-state index contributed by atoms with van der Waals surface area (Å²) >= 11 is 2.32. The smallest absolute Gasteiger partial charge is 0.254 e. The third-order valence-electron chi connectivity index (χ3n) is 8.87. The highest BCUT2D eigenvalue weighted by Crippen LogP contribution is 2.64. The molecule has 1 unspecified atom stereocenters. The molecule has 3 aliphatic carbocycles. The number of nitrogens with zero attached hydrogens (tertiary/aromatic N) is 1. The van der Waals surface area contributed by atoms with Crippen molar-refractivity contribution in [3.63, 3.8) is 0 Å². The Labute approximate surface area is 184 Å². The lowest BCUT2D eigenvalue weighted by molar-refractivity contribution is -0.169. The largest absolute Gasteiger partial charge is 0.273 e. The molecule has 1 N–H and O–H groups in total. The van der Waals surface area contributed by atoms with Crippen molar-refractivity contribution in [2.75, 3.05) is 0 Å². The van der Waals surface area contributed by atoms with Gasteiger partial charge in [-0.1, -0.05) is 56.7 Å². The zero-order chi connectivity index (χ0) is 20.3. The summed E-state index contributed by atoms with van der Waals surface area (Å²) in [5.41, 5.74) is 3.73. The van der Waals surface area contributed by atoms with Crippen molar-refractivity contribution < 1.29 is 9.59 Å². The molecule has 3 saturated carbocycles. The van der Waals surface area contributed by atoms with Gasteiger partial charge in [-0.05, 0) is 79.4 Å².